The van der Waals surface area contributed by atoms with E-state index in [1.54, 1.807) is 0 Å². The van der Waals surface area contributed by atoms with E-state index in [1.165, 1.54) is 12.8 Å². The fraction of sp³-hybridized carbons (Fsp3) is 0.933. The van der Waals surface area contributed by atoms with E-state index in [4.69, 9.17) is 4.74 Å². The van der Waals surface area contributed by atoms with Crippen molar-refractivity contribution in [1.29, 1.82) is 0 Å². The number of hydrogen-bond acceptors (Lipinski definition) is 5. The molecule has 1 fully saturated rings. The van der Waals surface area contributed by atoms with Crippen molar-refractivity contribution in [1.82, 2.24) is 15.5 Å². The molecule has 1 saturated heterocycles. The maximum absolute atomic E-state index is 5.49. The molecule has 2 rings (SSSR count). The Kier molecular flexibility index (Phi) is 9.59. The van der Waals surface area contributed by atoms with Crippen LogP contribution in [0.25, 0.3) is 0 Å². The lowest BCUT2D eigenvalue weighted by Crippen LogP contribution is -2.53. The highest BCUT2D eigenvalue weighted by Crippen LogP contribution is 2.19. The molecule has 0 aromatic carbocycles. The molecule has 2 heterocycles. The predicted octanol–water partition coefficient (Wildman–Crippen LogP) is 1.68. The fourth-order valence-electron chi connectivity index (χ4n) is 3.19. The van der Waals surface area contributed by atoms with Crippen LogP contribution in [-0.4, -0.2) is 62.8 Å². The summed E-state index contributed by atoms with van der Waals surface area (Å²) in [6.45, 7) is 11.4. The molecule has 0 spiro atoms. The predicted molar refractivity (Wildman–Crippen MR) is 98.6 cm³/mol. The van der Waals surface area contributed by atoms with Crippen molar-refractivity contribution in [2.24, 2.45) is 10.9 Å². The van der Waals surface area contributed by atoms with E-state index in [0.717, 1.165) is 64.2 Å². The van der Waals surface area contributed by atoms with Gasteiger partial charge in [-0.05, 0) is 12.3 Å². The number of rotatable bonds is 6. The zero-order valence-electron chi connectivity index (χ0n) is 13.4. The second-order valence-electron chi connectivity index (χ2n) is 5.68. The summed E-state index contributed by atoms with van der Waals surface area (Å²) in [5.74, 6) is 1.73. The molecule has 0 aliphatic carbocycles. The number of aliphatic imine (C=N–C) groups is 1. The van der Waals surface area contributed by atoms with E-state index in [-0.39, 0.29) is 24.0 Å². The summed E-state index contributed by atoms with van der Waals surface area (Å²) in [6.07, 6.45) is 3.62. The van der Waals surface area contributed by atoms with Gasteiger partial charge < -0.3 is 15.4 Å². The number of ether oxygens (including phenoxy) is 1. The van der Waals surface area contributed by atoms with Crippen LogP contribution < -0.4 is 10.6 Å². The summed E-state index contributed by atoms with van der Waals surface area (Å²) in [4.78, 5) is 7.10. The molecule has 5 nitrogen and oxygen atoms in total. The molecular formula is C15H31IN4O. The summed E-state index contributed by atoms with van der Waals surface area (Å²) in [6, 6.07) is 0.584. The van der Waals surface area contributed by atoms with Crippen LogP contribution in [0.4, 0.5) is 0 Å². The van der Waals surface area contributed by atoms with Gasteiger partial charge in [-0.25, -0.2) is 0 Å². The molecule has 0 saturated carbocycles. The van der Waals surface area contributed by atoms with Gasteiger partial charge in [0.05, 0.1) is 13.2 Å². The minimum atomic E-state index is 0. The second kappa shape index (κ2) is 10.6. The van der Waals surface area contributed by atoms with Crippen molar-refractivity contribution in [3.8, 4) is 0 Å². The van der Waals surface area contributed by atoms with E-state index in [1.807, 2.05) is 0 Å². The van der Waals surface area contributed by atoms with Crippen LogP contribution in [0, 0.1) is 5.92 Å². The summed E-state index contributed by atoms with van der Waals surface area (Å²) < 4.78 is 5.49. The average molecular weight is 410 g/mol. The van der Waals surface area contributed by atoms with Gasteiger partial charge in [0.25, 0.3) is 0 Å². The zero-order chi connectivity index (χ0) is 14.2. The van der Waals surface area contributed by atoms with Crippen LogP contribution in [0.2, 0.25) is 0 Å². The summed E-state index contributed by atoms with van der Waals surface area (Å²) in [5, 5.41) is 6.87. The van der Waals surface area contributed by atoms with Gasteiger partial charge in [0.2, 0.25) is 0 Å². The Labute approximate surface area is 146 Å². The topological polar surface area (TPSA) is 48.9 Å². The van der Waals surface area contributed by atoms with Crippen LogP contribution in [0.3, 0.4) is 0 Å². The minimum absolute atomic E-state index is 0. The standard InChI is InChI=1S/C15H30N4O.HI/c1-3-13(4-2)14(19-8-10-20-11-9-19)12-18-15-16-6-5-7-17-15;/h13-14H,3-12H2,1-2H3,(H2,16,17,18);1H. The Morgan fingerprint density at radius 2 is 2.00 bits per heavy atom. The normalized spacial score (nSPS) is 21.2. The van der Waals surface area contributed by atoms with Crippen LogP contribution in [-0.2, 0) is 4.74 Å². The van der Waals surface area contributed by atoms with Gasteiger partial charge in [-0.2, -0.15) is 0 Å². The third-order valence-electron chi connectivity index (χ3n) is 4.48. The fourth-order valence-corrected chi connectivity index (χ4v) is 3.19. The molecule has 0 aromatic rings. The molecule has 0 radical (unpaired) electrons. The first kappa shape index (κ1) is 19.0. The number of hydrogen-bond donors (Lipinski definition) is 2. The minimum Gasteiger partial charge on any atom is -0.379 e. The SMILES string of the molecule is CCC(CC)C(CNC1=NCCCN1)N1CCOCC1.I. The van der Waals surface area contributed by atoms with E-state index < -0.39 is 0 Å². The molecule has 21 heavy (non-hydrogen) atoms. The molecule has 1 unspecified atom stereocenters. The Balaban J connectivity index is 0.00000220. The van der Waals surface area contributed by atoms with Crippen LogP contribution in [0.5, 0.6) is 0 Å². The van der Waals surface area contributed by atoms with E-state index in [9.17, 15) is 0 Å². The molecule has 0 aromatic heterocycles. The summed E-state index contributed by atoms with van der Waals surface area (Å²) in [5.41, 5.74) is 0. The molecule has 2 aliphatic heterocycles. The molecule has 1 atom stereocenters. The van der Waals surface area contributed by atoms with Gasteiger partial charge in [-0.3, -0.25) is 9.89 Å². The quantitative estimate of drug-likeness (QED) is 0.655. The molecule has 0 amide bonds. The first-order valence-corrected chi connectivity index (χ1v) is 8.19. The lowest BCUT2D eigenvalue weighted by atomic mass is 9.92. The van der Waals surface area contributed by atoms with Gasteiger partial charge in [0, 0.05) is 38.8 Å². The summed E-state index contributed by atoms with van der Waals surface area (Å²) in [7, 11) is 0. The Morgan fingerprint density at radius 3 is 2.57 bits per heavy atom. The number of nitrogens with zero attached hydrogens (tertiary/aromatic N) is 2. The van der Waals surface area contributed by atoms with Crippen molar-refractivity contribution in [2.45, 2.75) is 39.2 Å². The monoisotopic (exact) mass is 410 g/mol. The Bertz CT molecular complexity index is 304. The highest BCUT2D eigenvalue weighted by atomic mass is 127. The van der Waals surface area contributed by atoms with Crippen LogP contribution in [0.1, 0.15) is 33.1 Å². The van der Waals surface area contributed by atoms with E-state index >= 15 is 0 Å². The zero-order valence-corrected chi connectivity index (χ0v) is 15.8. The number of morpholine rings is 1. The third-order valence-corrected chi connectivity index (χ3v) is 4.48. The van der Waals surface area contributed by atoms with E-state index in [0.29, 0.717) is 6.04 Å². The smallest absolute Gasteiger partial charge is 0.191 e. The Hall–Kier alpha value is -0.0800. The van der Waals surface area contributed by atoms with Crippen molar-refractivity contribution in [2.75, 3.05) is 45.9 Å². The molecule has 6 heteroatoms. The maximum Gasteiger partial charge on any atom is 0.191 e. The van der Waals surface area contributed by atoms with Crippen LogP contribution in [0.15, 0.2) is 4.99 Å². The molecular weight excluding hydrogens is 379 g/mol. The summed E-state index contributed by atoms with van der Waals surface area (Å²) >= 11 is 0. The van der Waals surface area contributed by atoms with E-state index in [2.05, 4.69) is 34.4 Å². The second-order valence-corrected chi connectivity index (χ2v) is 5.68. The van der Waals surface area contributed by atoms with Gasteiger partial charge in [0.15, 0.2) is 5.96 Å². The number of halogens is 1. The third kappa shape index (κ3) is 5.90. The molecule has 0 bridgehead atoms. The van der Waals surface area contributed by atoms with Gasteiger partial charge in [-0.1, -0.05) is 26.7 Å². The first-order chi connectivity index (χ1) is 9.85. The first-order valence-electron chi connectivity index (χ1n) is 8.19. The van der Waals surface area contributed by atoms with Crippen LogP contribution >= 0.6 is 24.0 Å². The maximum atomic E-state index is 5.49. The van der Waals surface area contributed by atoms with Crippen molar-refractivity contribution in [3.05, 3.63) is 0 Å². The molecule has 124 valence electrons. The lowest BCUT2D eigenvalue weighted by molar-refractivity contribution is 0.00271. The largest absolute Gasteiger partial charge is 0.379 e. The highest BCUT2D eigenvalue weighted by molar-refractivity contribution is 14.0. The molecule has 2 N–H and O–H groups in total. The van der Waals surface area contributed by atoms with Crippen molar-refractivity contribution in [3.63, 3.8) is 0 Å². The van der Waals surface area contributed by atoms with Crippen molar-refractivity contribution < 1.29 is 4.74 Å². The lowest BCUT2D eigenvalue weighted by Gasteiger charge is -2.39. The molecule has 2 aliphatic rings. The highest BCUT2D eigenvalue weighted by Gasteiger charge is 2.27. The van der Waals surface area contributed by atoms with Gasteiger partial charge >= 0.3 is 0 Å². The number of nitrogens with one attached hydrogen (secondary N) is 2. The van der Waals surface area contributed by atoms with Gasteiger partial charge in [-0.15, -0.1) is 24.0 Å². The Morgan fingerprint density at radius 1 is 1.29 bits per heavy atom. The average Bonchev–Trinajstić information content (AvgIpc) is 2.53. The van der Waals surface area contributed by atoms with Crippen molar-refractivity contribution >= 4 is 29.9 Å². The van der Waals surface area contributed by atoms with Gasteiger partial charge in [0.1, 0.15) is 0 Å². The number of guanidine groups is 1.